The first-order chi connectivity index (χ1) is 10.3. The number of benzene rings is 2. The Morgan fingerprint density at radius 2 is 1.52 bits per heavy atom. The summed E-state index contributed by atoms with van der Waals surface area (Å²) in [5.41, 5.74) is 9.20. The fourth-order valence-corrected chi connectivity index (χ4v) is 2.40. The predicted molar refractivity (Wildman–Crippen MR) is 87.7 cm³/mol. The first-order valence-electron chi connectivity index (χ1n) is 6.89. The van der Waals surface area contributed by atoms with Crippen molar-refractivity contribution in [3.63, 3.8) is 0 Å². The lowest BCUT2D eigenvalue weighted by atomic mass is 10.1. The number of nitrogen functional groups attached to an aromatic ring is 1. The maximum Gasteiger partial charge on any atom is 0.142 e. The van der Waals surface area contributed by atoms with Gasteiger partial charge in [0, 0.05) is 17.7 Å². The van der Waals surface area contributed by atoms with Gasteiger partial charge >= 0.3 is 0 Å². The summed E-state index contributed by atoms with van der Waals surface area (Å²) in [7, 11) is 0. The molecule has 1 heterocycles. The third kappa shape index (κ3) is 2.46. The van der Waals surface area contributed by atoms with Gasteiger partial charge in [0.2, 0.25) is 0 Å². The lowest BCUT2D eigenvalue weighted by Crippen LogP contribution is -2.03. The van der Waals surface area contributed by atoms with Crippen molar-refractivity contribution in [1.29, 1.82) is 0 Å². The zero-order valence-corrected chi connectivity index (χ0v) is 11.7. The van der Waals surface area contributed by atoms with E-state index in [1.165, 1.54) is 0 Å². The number of aromatic nitrogens is 2. The van der Waals surface area contributed by atoms with Gasteiger partial charge in [0.1, 0.15) is 17.3 Å². The second-order valence-corrected chi connectivity index (χ2v) is 4.80. The van der Waals surface area contributed by atoms with Gasteiger partial charge in [-0.2, -0.15) is 0 Å². The van der Waals surface area contributed by atoms with Gasteiger partial charge in [0.25, 0.3) is 0 Å². The van der Waals surface area contributed by atoms with Crippen LogP contribution in [0.2, 0.25) is 0 Å². The van der Waals surface area contributed by atoms with Gasteiger partial charge < -0.3 is 10.3 Å². The zero-order chi connectivity index (χ0) is 14.7. The van der Waals surface area contributed by atoms with Gasteiger partial charge in [-0.1, -0.05) is 66.7 Å². The van der Waals surface area contributed by atoms with Crippen LogP contribution in [0, 0.1) is 0 Å². The van der Waals surface area contributed by atoms with Crippen molar-refractivity contribution in [2.24, 2.45) is 0 Å². The number of anilines is 1. The first kappa shape index (κ1) is 13.2. The highest BCUT2D eigenvalue weighted by molar-refractivity contribution is 5.75. The van der Waals surface area contributed by atoms with Gasteiger partial charge in [-0.15, -0.1) is 6.58 Å². The van der Waals surface area contributed by atoms with E-state index in [0.717, 1.165) is 22.6 Å². The van der Waals surface area contributed by atoms with Gasteiger partial charge in [0.05, 0.1) is 0 Å². The maximum absolute atomic E-state index is 6.31. The number of allylic oxidation sites excluding steroid dienone is 1. The number of hydrogen-bond acceptors (Lipinski definition) is 2. The van der Waals surface area contributed by atoms with Crippen molar-refractivity contribution < 1.29 is 0 Å². The fourth-order valence-electron chi connectivity index (χ4n) is 2.40. The van der Waals surface area contributed by atoms with Crippen LogP contribution in [0.4, 0.5) is 5.82 Å². The molecule has 21 heavy (non-hydrogen) atoms. The molecule has 104 valence electrons. The third-order valence-corrected chi connectivity index (χ3v) is 3.40. The Bertz CT molecular complexity index is 743. The van der Waals surface area contributed by atoms with Crippen molar-refractivity contribution in [2.75, 3.05) is 5.73 Å². The molecule has 0 aliphatic rings. The van der Waals surface area contributed by atoms with Gasteiger partial charge in [-0.25, -0.2) is 4.98 Å². The highest BCUT2D eigenvalue weighted by atomic mass is 15.1. The molecule has 0 saturated heterocycles. The Morgan fingerprint density at radius 3 is 2.10 bits per heavy atom. The molecule has 0 aliphatic heterocycles. The van der Waals surface area contributed by atoms with E-state index in [2.05, 4.69) is 6.58 Å². The Labute approximate surface area is 124 Å². The second-order valence-electron chi connectivity index (χ2n) is 4.80. The summed E-state index contributed by atoms with van der Waals surface area (Å²) in [5, 5.41) is 0. The topological polar surface area (TPSA) is 43.8 Å². The molecule has 0 aliphatic carbocycles. The normalized spacial score (nSPS) is 10.5. The van der Waals surface area contributed by atoms with Gasteiger partial charge in [-0.05, 0) is 0 Å². The molecule has 0 spiro atoms. The number of rotatable bonds is 4. The number of hydrogen-bond donors (Lipinski definition) is 1. The molecule has 0 saturated carbocycles. The summed E-state index contributed by atoms with van der Waals surface area (Å²) in [6.07, 6.45) is 1.83. The van der Waals surface area contributed by atoms with E-state index >= 15 is 0 Å². The van der Waals surface area contributed by atoms with Crippen LogP contribution in [0.25, 0.3) is 22.6 Å². The summed E-state index contributed by atoms with van der Waals surface area (Å²) in [4.78, 5) is 4.76. The summed E-state index contributed by atoms with van der Waals surface area (Å²) in [6.45, 7) is 4.44. The molecule has 3 rings (SSSR count). The maximum atomic E-state index is 6.31. The lowest BCUT2D eigenvalue weighted by molar-refractivity contribution is 0.843. The summed E-state index contributed by atoms with van der Waals surface area (Å²) < 4.78 is 1.99. The number of nitrogens with zero attached hydrogens (tertiary/aromatic N) is 2. The van der Waals surface area contributed by atoms with Crippen molar-refractivity contribution in [3.8, 4) is 22.6 Å². The molecule has 2 N–H and O–H groups in total. The van der Waals surface area contributed by atoms with Crippen LogP contribution in [0.5, 0.6) is 0 Å². The molecule has 3 aromatic rings. The fraction of sp³-hybridized carbons (Fsp3) is 0.0556. The number of imidazole rings is 1. The third-order valence-electron chi connectivity index (χ3n) is 3.40. The molecule has 3 nitrogen and oxygen atoms in total. The van der Waals surface area contributed by atoms with Crippen LogP contribution in [-0.4, -0.2) is 9.55 Å². The minimum atomic E-state index is 0.635. The van der Waals surface area contributed by atoms with Crippen LogP contribution < -0.4 is 5.73 Å². The molecule has 1 aromatic heterocycles. The minimum absolute atomic E-state index is 0.635. The lowest BCUT2D eigenvalue weighted by Gasteiger charge is -2.06. The summed E-state index contributed by atoms with van der Waals surface area (Å²) in [6, 6.07) is 20.1. The highest BCUT2D eigenvalue weighted by Gasteiger charge is 2.16. The molecular weight excluding hydrogens is 258 g/mol. The molecule has 0 bridgehead atoms. The zero-order valence-electron chi connectivity index (χ0n) is 11.7. The Balaban J connectivity index is 2.19. The minimum Gasteiger partial charge on any atom is -0.383 e. The molecule has 0 atom stereocenters. The Morgan fingerprint density at radius 1 is 0.952 bits per heavy atom. The largest absolute Gasteiger partial charge is 0.383 e. The van der Waals surface area contributed by atoms with Gasteiger partial charge in [-0.3, -0.25) is 0 Å². The van der Waals surface area contributed by atoms with E-state index < -0.39 is 0 Å². The molecule has 0 fully saturated rings. The van der Waals surface area contributed by atoms with Gasteiger partial charge in [0.15, 0.2) is 0 Å². The van der Waals surface area contributed by atoms with Crippen molar-refractivity contribution in [2.45, 2.75) is 6.54 Å². The van der Waals surface area contributed by atoms with Crippen molar-refractivity contribution in [3.05, 3.63) is 73.3 Å². The first-order valence-corrected chi connectivity index (χ1v) is 6.89. The molecule has 2 aromatic carbocycles. The van der Waals surface area contributed by atoms with E-state index in [4.69, 9.17) is 10.7 Å². The highest BCUT2D eigenvalue weighted by Crippen LogP contribution is 2.30. The summed E-state index contributed by atoms with van der Waals surface area (Å²) >= 11 is 0. The quantitative estimate of drug-likeness (QED) is 0.732. The van der Waals surface area contributed by atoms with E-state index in [0.29, 0.717) is 12.4 Å². The van der Waals surface area contributed by atoms with E-state index in [-0.39, 0.29) is 0 Å². The average Bonchev–Trinajstić information content (AvgIpc) is 2.87. The Hall–Kier alpha value is -2.81. The Kier molecular flexibility index (Phi) is 3.56. The molecule has 0 radical (unpaired) electrons. The van der Waals surface area contributed by atoms with E-state index in [1.54, 1.807) is 0 Å². The smallest absolute Gasteiger partial charge is 0.142 e. The second kappa shape index (κ2) is 5.67. The van der Waals surface area contributed by atoms with Crippen LogP contribution >= 0.6 is 0 Å². The standard InChI is InChI=1S/C18H17N3/c1-2-13-21-17(19)16(14-9-5-3-6-10-14)20-18(21)15-11-7-4-8-12-15/h2-12H,1,13,19H2. The van der Waals surface area contributed by atoms with Crippen LogP contribution in [0.15, 0.2) is 73.3 Å². The predicted octanol–water partition coefficient (Wildman–Crippen LogP) is 3.99. The van der Waals surface area contributed by atoms with E-state index in [9.17, 15) is 0 Å². The van der Waals surface area contributed by atoms with Crippen molar-refractivity contribution >= 4 is 5.82 Å². The monoisotopic (exact) mass is 275 g/mol. The number of nitrogens with two attached hydrogens (primary N) is 1. The summed E-state index contributed by atoms with van der Waals surface area (Å²) in [5.74, 6) is 1.53. The van der Waals surface area contributed by atoms with Crippen LogP contribution in [0.3, 0.4) is 0 Å². The molecular formula is C18H17N3. The average molecular weight is 275 g/mol. The molecule has 0 unspecified atom stereocenters. The molecule has 3 heteroatoms. The van der Waals surface area contributed by atoms with Crippen LogP contribution in [-0.2, 0) is 6.54 Å². The van der Waals surface area contributed by atoms with Crippen molar-refractivity contribution in [1.82, 2.24) is 9.55 Å². The molecule has 0 amide bonds. The van der Waals surface area contributed by atoms with E-state index in [1.807, 2.05) is 71.3 Å². The van der Waals surface area contributed by atoms with Crippen LogP contribution in [0.1, 0.15) is 0 Å². The SMILES string of the molecule is C=CCn1c(-c2ccccc2)nc(-c2ccccc2)c1N.